The molecule has 1 N–H and O–H groups in total. The summed E-state index contributed by atoms with van der Waals surface area (Å²) in [6, 6.07) is 7.78. The first kappa shape index (κ1) is 19.3. The fourth-order valence-corrected chi connectivity index (χ4v) is 2.35. The van der Waals surface area contributed by atoms with E-state index in [0.29, 0.717) is 10.7 Å². The minimum absolute atomic E-state index is 0.135. The summed E-state index contributed by atoms with van der Waals surface area (Å²) in [6.07, 6.45) is 0.521. The van der Waals surface area contributed by atoms with Crippen molar-refractivity contribution in [3.8, 4) is 5.75 Å². The third kappa shape index (κ3) is 5.77. The van der Waals surface area contributed by atoms with Crippen LogP contribution in [0.25, 0.3) is 0 Å². The molecule has 2 rings (SSSR count). The Morgan fingerprint density at radius 3 is 2.68 bits per heavy atom. The Morgan fingerprint density at radius 1 is 1.24 bits per heavy atom. The van der Waals surface area contributed by atoms with Crippen LogP contribution in [0.4, 0.5) is 5.69 Å². The van der Waals surface area contributed by atoms with Crippen molar-refractivity contribution in [2.75, 3.05) is 11.9 Å². The molecule has 1 amide bonds. The Balaban J connectivity index is 1.84. The molecule has 25 heavy (non-hydrogen) atoms. The molecule has 0 radical (unpaired) electrons. The van der Waals surface area contributed by atoms with E-state index in [1.165, 1.54) is 25.3 Å². The van der Waals surface area contributed by atoms with Gasteiger partial charge >= 0.3 is 5.97 Å². The van der Waals surface area contributed by atoms with E-state index in [1.807, 2.05) is 0 Å². The summed E-state index contributed by atoms with van der Waals surface area (Å²) in [5.41, 5.74) is 0.322. The molecule has 6 nitrogen and oxygen atoms in total. The Kier molecular flexibility index (Phi) is 6.87. The summed E-state index contributed by atoms with van der Waals surface area (Å²) < 4.78 is 10.3. The summed E-state index contributed by atoms with van der Waals surface area (Å²) in [5, 5.41) is 3.32. The molecule has 1 heterocycles. The Bertz CT molecular complexity index is 786. The zero-order valence-corrected chi connectivity index (χ0v) is 15.2. The Hall–Kier alpha value is -2.02. The molecule has 9 heteroatoms. The standard InChI is InChI=1S/C16H13Cl3N2O4/c1-9(25-13-5-4-10(17)7-11(13)18)16(23)24-8-14(22)21-12-3-2-6-20-15(12)19/h2-7,9H,8H2,1H3,(H,21,22). The molecule has 0 saturated carbocycles. The summed E-state index contributed by atoms with van der Waals surface area (Å²) in [4.78, 5) is 27.5. The number of benzene rings is 1. The lowest BCUT2D eigenvalue weighted by Crippen LogP contribution is -2.29. The predicted octanol–water partition coefficient (Wildman–Crippen LogP) is 3.99. The maximum Gasteiger partial charge on any atom is 0.347 e. The van der Waals surface area contributed by atoms with E-state index < -0.39 is 24.6 Å². The van der Waals surface area contributed by atoms with Gasteiger partial charge in [-0.2, -0.15) is 0 Å². The first-order valence-corrected chi connectivity index (χ1v) is 8.19. The maximum atomic E-state index is 11.9. The van der Waals surface area contributed by atoms with Crippen molar-refractivity contribution in [3.63, 3.8) is 0 Å². The summed E-state index contributed by atoms with van der Waals surface area (Å²) >= 11 is 17.6. The SMILES string of the molecule is CC(Oc1ccc(Cl)cc1Cl)C(=O)OCC(=O)Nc1cccnc1Cl. The molecule has 0 spiro atoms. The second kappa shape index (κ2) is 8.89. The largest absolute Gasteiger partial charge is 0.477 e. The number of aromatic nitrogens is 1. The van der Waals surface area contributed by atoms with Crippen LogP contribution in [-0.2, 0) is 14.3 Å². The molecule has 0 aliphatic carbocycles. The van der Waals surface area contributed by atoms with E-state index in [9.17, 15) is 9.59 Å². The van der Waals surface area contributed by atoms with Gasteiger partial charge in [-0.3, -0.25) is 4.79 Å². The predicted molar refractivity (Wildman–Crippen MR) is 95.4 cm³/mol. The monoisotopic (exact) mass is 402 g/mol. The van der Waals surface area contributed by atoms with Crippen LogP contribution in [0.5, 0.6) is 5.75 Å². The zero-order chi connectivity index (χ0) is 18.4. The molecular formula is C16H13Cl3N2O4. The van der Waals surface area contributed by atoms with Gasteiger partial charge in [-0.15, -0.1) is 0 Å². The smallest absolute Gasteiger partial charge is 0.347 e. The van der Waals surface area contributed by atoms with E-state index in [4.69, 9.17) is 44.3 Å². The van der Waals surface area contributed by atoms with Crippen molar-refractivity contribution in [2.45, 2.75) is 13.0 Å². The number of nitrogens with one attached hydrogen (secondary N) is 1. The highest BCUT2D eigenvalue weighted by Crippen LogP contribution is 2.28. The van der Waals surface area contributed by atoms with Crippen LogP contribution >= 0.6 is 34.8 Å². The molecule has 1 aromatic carbocycles. The van der Waals surface area contributed by atoms with Crippen molar-refractivity contribution in [1.82, 2.24) is 4.98 Å². The number of esters is 1. The quantitative estimate of drug-likeness (QED) is 0.583. The number of hydrogen-bond acceptors (Lipinski definition) is 5. The van der Waals surface area contributed by atoms with Gasteiger partial charge in [0.05, 0.1) is 10.7 Å². The highest BCUT2D eigenvalue weighted by atomic mass is 35.5. The Labute approximate surface area is 159 Å². The molecule has 132 valence electrons. The molecule has 0 aliphatic heterocycles. The highest BCUT2D eigenvalue weighted by Gasteiger charge is 2.19. The molecule has 1 unspecified atom stereocenters. The zero-order valence-electron chi connectivity index (χ0n) is 13.0. The molecule has 0 bridgehead atoms. The van der Waals surface area contributed by atoms with Crippen LogP contribution in [0.1, 0.15) is 6.92 Å². The second-order valence-electron chi connectivity index (χ2n) is 4.83. The minimum atomic E-state index is -0.964. The fourth-order valence-electron chi connectivity index (χ4n) is 1.73. The number of ether oxygens (including phenoxy) is 2. The fraction of sp³-hybridized carbons (Fsp3) is 0.188. The number of halogens is 3. The van der Waals surface area contributed by atoms with Gasteiger partial charge in [-0.25, -0.2) is 9.78 Å². The van der Waals surface area contributed by atoms with Gasteiger partial charge < -0.3 is 14.8 Å². The number of rotatable bonds is 6. The minimum Gasteiger partial charge on any atom is -0.477 e. The van der Waals surface area contributed by atoms with Crippen molar-refractivity contribution >= 4 is 52.4 Å². The summed E-state index contributed by atoms with van der Waals surface area (Å²) in [6.45, 7) is 0.981. The first-order valence-electron chi connectivity index (χ1n) is 7.05. The van der Waals surface area contributed by atoms with Crippen LogP contribution in [0.3, 0.4) is 0 Å². The third-order valence-corrected chi connectivity index (χ3v) is 3.74. The van der Waals surface area contributed by atoms with Crippen LogP contribution in [0, 0.1) is 0 Å². The molecule has 1 atom stereocenters. The van der Waals surface area contributed by atoms with E-state index in [0.717, 1.165) is 0 Å². The van der Waals surface area contributed by atoms with Crippen LogP contribution in [0.2, 0.25) is 15.2 Å². The third-order valence-electron chi connectivity index (χ3n) is 2.91. The summed E-state index contributed by atoms with van der Waals surface area (Å²) in [7, 11) is 0. The van der Waals surface area contributed by atoms with Crippen LogP contribution in [0.15, 0.2) is 36.5 Å². The Morgan fingerprint density at radius 2 is 2.00 bits per heavy atom. The highest BCUT2D eigenvalue weighted by molar-refractivity contribution is 6.35. The van der Waals surface area contributed by atoms with Crippen molar-refractivity contribution < 1.29 is 19.1 Å². The number of anilines is 1. The lowest BCUT2D eigenvalue weighted by atomic mass is 10.3. The van der Waals surface area contributed by atoms with Gasteiger partial charge in [0.25, 0.3) is 5.91 Å². The average Bonchev–Trinajstić information content (AvgIpc) is 2.57. The van der Waals surface area contributed by atoms with Gasteiger partial charge in [0.1, 0.15) is 5.75 Å². The van der Waals surface area contributed by atoms with Crippen molar-refractivity contribution in [2.24, 2.45) is 0 Å². The van der Waals surface area contributed by atoms with Gasteiger partial charge in [-0.1, -0.05) is 34.8 Å². The van der Waals surface area contributed by atoms with Gasteiger partial charge in [0.15, 0.2) is 17.9 Å². The van der Waals surface area contributed by atoms with Crippen molar-refractivity contribution in [1.29, 1.82) is 0 Å². The van der Waals surface area contributed by atoms with Gasteiger partial charge in [0.2, 0.25) is 0 Å². The molecule has 1 aromatic heterocycles. The lowest BCUT2D eigenvalue weighted by Gasteiger charge is -2.15. The molecule has 0 saturated heterocycles. The number of amides is 1. The van der Waals surface area contributed by atoms with E-state index >= 15 is 0 Å². The van der Waals surface area contributed by atoms with Crippen LogP contribution < -0.4 is 10.1 Å². The average molecular weight is 404 g/mol. The number of hydrogen-bond donors (Lipinski definition) is 1. The molecule has 0 fully saturated rings. The lowest BCUT2D eigenvalue weighted by molar-refractivity contribution is -0.153. The number of carbonyl (C=O) groups excluding carboxylic acids is 2. The maximum absolute atomic E-state index is 11.9. The van der Waals surface area contributed by atoms with Crippen LogP contribution in [-0.4, -0.2) is 29.6 Å². The number of nitrogens with zero attached hydrogens (tertiary/aromatic N) is 1. The first-order chi connectivity index (χ1) is 11.9. The number of pyridine rings is 1. The van der Waals surface area contributed by atoms with E-state index in [2.05, 4.69) is 10.3 Å². The van der Waals surface area contributed by atoms with E-state index in [-0.39, 0.29) is 15.9 Å². The van der Waals surface area contributed by atoms with Gasteiger partial charge in [0, 0.05) is 11.2 Å². The molecule has 0 aliphatic rings. The van der Waals surface area contributed by atoms with Crippen molar-refractivity contribution in [3.05, 3.63) is 51.7 Å². The van der Waals surface area contributed by atoms with E-state index in [1.54, 1.807) is 18.2 Å². The normalized spacial score (nSPS) is 11.5. The second-order valence-corrected chi connectivity index (χ2v) is 6.03. The summed E-state index contributed by atoms with van der Waals surface area (Å²) in [5.74, 6) is -1.000. The molecule has 2 aromatic rings. The molecular weight excluding hydrogens is 391 g/mol. The topological polar surface area (TPSA) is 77.5 Å². The number of carbonyl (C=O) groups is 2. The van der Waals surface area contributed by atoms with Gasteiger partial charge in [-0.05, 0) is 37.3 Å².